The van der Waals surface area contributed by atoms with Gasteiger partial charge < -0.3 is 15.3 Å². The highest BCUT2D eigenvalue weighted by molar-refractivity contribution is 6.40. The summed E-state index contributed by atoms with van der Waals surface area (Å²) in [4.78, 5) is 14.6. The molecule has 0 bridgehead atoms. The summed E-state index contributed by atoms with van der Waals surface area (Å²) in [7, 11) is 0. The van der Waals surface area contributed by atoms with Crippen LogP contribution < -0.4 is 10.2 Å². The smallest absolute Gasteiger partial charge is 0.266 e. The minimum atomic E-state index is -0.587. The van der Waals surface area contributed by atoms with Gasteiger partial charge in [-0.2, -0.15) is 5.26 Å². The number of rotatable bonds is 7. The number of aliphatic hydroxyl groups is 1. The SMILES string of the molecule is CCN(CCO)c1ccc(/C=C(\C#N)C(=O)Nc2c(Cl)cccc2Cl)c(C)c1. The molecule has 0 heterocycles. The molecule has 146 valence electrons. The fraction of sp³-hybridized carbons (Fsp3) is 0.238. The number of carbonyl (C=O) groups is 1. The van der Waals surface area contributed by atoms with Crippen LogP contribution in [0.15, 0.2) is 42.0 Å². The first-order valence-corrected chi connectivity index (χ1v) is 9.50. The molecule has 0 unspecified atom stereocenters. The van der Waals surface area contributed by atoms with Crippen molar-refractivity contribution in [2.75, 3.05) is 29.9 Å². The number of benzene rings is 2. The zero-order valence-corrected chi connectivity index (χ0v) is 17.2. The molecule has 2 rings (SSSR count). The molecule has 0 aliphatic rings. The zero-order valence-electron chi connectivity index (χ0n) is 15.7. The standard InChI is InChI=1S/C21H21Cl2N3O2/c1-3-26(9-10-27)17-8-7-15(14(2)11-17)12-16(13-24)21(28)25-20-18(22)5-4-6-19(20)23/h4-8,11-12,27H,3,9-10H2,1-2H3,(H,25,28)/b16-12+. The molecule has 0 aliphatic heterocycles. The Morgan fingerprint density at radius 2 is 1.96 bits per heavy atom. The van der Waals surface area contributed by atoms with E-state index in [-0.39, 0.29) is 17.9 Å². The van der Waals surface area contributed by atoms with Crippen LogP contribution in [0.3, 0.4) is 0 Å². The highest BCUT2D eigenvalue weighted by Gasteiger charge is 2.14. The number of carbonyl (C=O) groups excluding carboxylic acids is 1. The first-order chi connectivity index (χ1) is 13.4. The van der Waals surface area contributed by atoms with Crippen molar-refractivity contribution in [3.05, 3.63) is 63.1 Å². The summed E-state index contributed by atoms with van der Waals surface area (Å²) in [5, 5.41) is 21.8. The average molecular weight is 418 g/mol. The number of hydrogen-bond acceptors (Lipinski definition) is 4. The van der Waals surface area contributed by atoms with Gasteiger partial charge in [-0.05, 0) is 55.3 Å². The molecule has 0 atom stereocenters. The molecule has 0 aromatic heterocycles. The van der Waals surface area contributed by atoms with Crippen molar-refractivity contribution in [1.29, 1.82) is 5.26 Å². The predicted octanol–water partition coefficient (Wildman–Crippen LogP) is 4.67. The van der Waals surface area contributed by atoms with Crippen molar-refractivity contribution < 1.29 is 9.90 Å². The topological polar surface area (TPSA) is 76.4 Å². The third-order valence-corrected chi connectivity index (χ3v) is 4.87. The summed E-state index contributed by atoms with van der Waals surface area (Å²) < 4.78 is 0. The van der Waals surface area contributed by atoms with Crippen LogP contribution in [0.25, 0.3) is 6.08 Å². The fourth-order valence-electron chi connectivity index (χ4n) is 2.71. The lowest BCUT2D eigenvalue weighted by Crippen LogP contribution is -2.26. The molecule has 28 heavy (non-hydrogen) atoms. The molecule has 5 nitrogen and oxygen atoms in total. The summed E-state index contributed by atoms with van der Waals surface area (Å²) in [6.07, 6.45) is 1.53. The van der Waals surface area contributed by atoms with Crippen LogP contribution in [-0.2, 0) is 4.79 Å². The lowest BCUT2D eigenvalue weighted by atomic mass is 10.0. The number of amides is 1. The lowest BCUT2D eigenvalue weighted by molar-refractivity contribution is -0.112. The highest BCUT2D eigenvalue weighted by Crippen LogP contribution is 2.30. The van der Waals surface area contributed by atoms with Gasteiger partial charge in [-0.3, -0.25) is 4.79 Å². The monoisotopic (exact) mass is 417 g/mol. The molecule has 0 saturated carbocycles. The van der Waals surface area contributed by atoms with E-state index in [1.54, 1.807) is 18.2 Å². The number of aryl methyl sites for hydroxylation is 1. The number of aliphatic hydroxyl groups excluding tert-OH is 1. The van der Waals surface area contributed by atoms with Crippen LogP contribution in [0.1, 0.15) is 18.1 Å². The van der Waals surface area contributed by atoms with Crippen molar-refractivity contribution in [3.8, 4) is 6.07 Å². The van der Waals surface area contributed by atoms with Crippen LogP contribution in [0.2, 0.25) is 10.0 Å². The first kappa shape index (κ1) is 21.8. The lowest BCUT2D eigenvalue weighted by Gasteiger charge is -2.22. The molecule has 7 heteroatoms. The maximum atomic E-state index is 12.5. The minimum absolute atomic E-state index is 0.0606. The number of hydrogen-bond donors (Lipinski definition) is 2. The van der Waals surface area contributed by atoms with Gasteiger partial charge in [-0.25, -0.2) is 0 Å². The minimum Gasteiger partial charge on any atom is -0.395 e. The summed E-state index contributed by atoms with van der Waals surface area (Å²) in [5.41, 5.74) is 2.84. The van der Waals surface area contributed by atoms with Crippen molar-refractivity contribution >= 4 is 46.6 Å². The van der Waals surface area contributed by atoms with Crippen molar-refractivity contribution in [2.24, 2.45) is 0 Å². The van der Waals surface area contributed by atoms with Crippen molar-refractivity contribution in [3.63, 3.8) is 0 Å². The van der Waals surface area contributed by atoms with E-state index in [2.05, 4.69) is 5.32 Å². The normalized spacial score (nSPS) is 11.1. The quantitative estimate of drug-likeness (QED) is 0.506. The summed E-state index contributed by atoms with van der Waals surface area (Å²) in [5.74, 6) is -0.587. The molecular formula is C21H21Cl2N3O2. The molecule has 1 amide bonds. The summed E-state index contributed by atoms with van der Waals surface area (Å²) >= 11 is 12.1. The third kappa shape index (κ3) is 5.26. The second kappa shape index (κ2) is 10.1. The van der Waals surface area contributed by atoms with E-state index in [1.165, 1.54) is 6.08 Å². The Balaban J connectivity index is 2.29. The van der Waals surface area contributed by atoms with Gasteiger partial charge in [-0.15, -0.1) is 0 Å². The van der Waals surface area contributed by atoms with E-state index in [9.17, 15) is 15.2 Å². The molecular weight excluding hydrogens is 397 g/mol. The zero-order chi connectivity index (χ0) is 20.7. The Morgan fingerprint density at radius 3 is 2.50 bits per heavy atom. The van der Waals surface area contributed by atoms with Gasteiger partial charge in [0.15, 0.2) is 0 Å². The van der Waals surface area contributed by atoms with E-state index in [1.807, 2.05) is 43.0 Å². The average Bonchev–Trinajstić information content (AvgIpc) is 2.68. The van der Waals surface area contributed by atoms with Crippen LogP contribution in [0.4, 0.5) is 11.4 Å². The number of nitriles is 1. The number of nitrogens with zero attached hydrogens (tertiary/aromatic N) is 2. The maximum Gasteiger partial charge on any atom is 0.266 e. The van der Waals surface area contributed by atoms with Gasteiger partial charge in [0.1, 0.15) is 11.6 Å². The van der Waals surface area contributed by atoms with Gasteiger partial charge in [0.25, 0.3) is 5.91 Å². The van der Waals surface area contributed by atoms with Crippen LogP contribution in [0, 0.1) is 18.3 Å². The maximum absolute atomic E-state index is 12.5. The number of likely N-dealkylation sites (N-methyl/N-ethyl adjacent to an activating group) is 1. The van der Waals surface area contributed by atoms with E-state index < -0.39 is 5.91 Å². The van der Waals surface area contributed by atoms with E-state index in [0.717, 1.165) is 23.4 Å². The van der Waals surface area contributed by atoms with Gasteiger partial charge in [0.2, 0.25) is 0 Å². The van der Waals surface area contributed by atoms with Gasteiger partial charge in [-0.1, -0.05) is 35.3 Å². The molecule has 0 fully saturated rings. The highest BCUT2D eigenvalue weighted by atomic mass is 35.5. The second-order valence-electron chi connectivity index (χ2n) is 6.06. The Kier molecular flexibility index (Phi) is 7.89. The molecule has 2 aromatic carbocycles. The molecule has 0 aliphatic carbocycles. The Morgan fingerprint density at radius 1 is 1.29 bits per heavy atom. The Bertz CT molecular complexity index is 915. The van der Waals surface area contributed by atoms with E-state index in [4.69, 9.17) is 23.2 Å². The van der Waals surface area contributed by atoms with Crippen LogP contribution >= 0.6 is 23.2 Å². The van der Waals surface area contributed by atoms with Gasteiger partial charge in [0, 0.05) is 18.8 Å². The number of halogens is 2. The van der Waals surface area contributed by atoms with Gasteiger partial charge >= 0.3 is 0 Å². The third-order valence-electron chi connectivity index (χ3n) is 4.24. The largest absolute Gasteiger partial charge is 0.395 e. The molecule has 0 radical (unpaired) electrons. The van der Waals surface area contributed by atoms with Crippen LogP contribution in [0.5, 0.6) is 0 Å². The number of nitrogens with one attached hydrogen (secondary N) is 1. The van der Waals surface area contributed by atoms with Crippen LogP contribution in [-0.4, -0.2) is 30.7 Å². The number of anilines is 2. The van der Waals surface area contributed by atoms with E-state index in [0.29, 0.717) is 16.6 Å². The van der Waals surface area contributed by atoms with Crippen molar-refractivity contribution in [2.45, 2.75) is 13.8 Å². The summed E-state index contributed by atoms with van der Waals surface area (Å²) in [6.45, 7) is 5.28. The molecule has 0 spiro atoms. The van der Waals surface area contributed by atoms with Gasteiger partial charge in [0.05, 0.1) is 22.3 Å². The molecule has 2 aromatic rings. The fourth-order valence-corrected chi connectivity index (χ4v) is 3.20. The Labute approximate surface area is 174 Å². The second-order valence-corrected chi connectivity index (χ2v) is 6.88. The first-order valence-electron chi connectivity index (χ1n) is 8.74. The Hall–Kier alpha value is -2.52. The molecule has 2 N–H and O–H groups in total. The number of para-hydroxylation sites is 1. The van der Waals surface area contributed by atoms with Crippen molar-refractivity contribution in [1.82, 2.24) is 0 Å². The predicted molar refractivity (Wildman–Crippen MR) is 115 cm³/mol. The molecule has 0 saturated heterocycles. The summed E-state index contributed by atoms with van der Waals surface area (Å²) in [6, 6.07) is 12.5. The van der Waals surface area contributed by atoms with E-state index >= 15 is 0 Å².